The van der Waals surface area contributed by atoms with Gasteiger partial charge in [-0.15, -0.1) is 0 Å². The van der Waals surface area contributed by atoms with Crippen LogP contribution in [-0.2, 0) is 14.8 Å². The van der Waals surface area contributed by atoms with Crippen molar-refractivity contribution in [2.24, 2.45) is 0 Å². The summed E-state index contributed by atoms with van der Waals surface area (Å²) in [6.07, 6.45) is 0. The van der Waals surface area contributed by atoms with Crippen LogP contribution in [0.25, 0.3) is 0 Å². The molecule has 0 aliphatic carbocycles. The lowest BCUT2D eigenvalue weighted by atomic mass is 10.2. The van der Waals surface area contributed by atoms with Crippen LogP contribution < -0.4 is 10.0 Å². The summed E-state index contributed by atoms with van der Waals surface area (Å²) >= 11 is 3.24. The number of hydrogen-bond acceptors (Lipinski definition) is 4. The number of aryl methyl sites for hydroxylation is 1. The Bertz CT molecular complexity index is 911. The van der Waals surface area contributed by atoms with Gasteiger partial charge >= 0.3 is 5.97 Å². The van der Waals surface area contributed by atoms with E-state index < -0.39 is 28.4 Å². The zero-order valence-corrected chi connectivity index (χ0v) is 15.5. The van der Waals surface area contributed by atoms with E-state index in [1.807, 2.05) is 6.92 Å². The summed E-state index contributed by atoms with van der Waals surface area (Å²) in [5.41, 5.74) is 1.42. The molecule has 7 nitrogen and oxygen atoms in total. The van der Waals surface area contributed by atoms with Crippen LogP contribution in [0.1, 0.15) is 15.9 Å². The van der Waals surface area contributed by atoms with Crippen molar-refractivity contribution in [3.8, 4) is 0 Å². The van der Waals surface area contributed by atoms with Gasteiger partial charge in [0.1, 0.15) is 11.4 Å². The summed E-state index contributed by atoms with van der Waals surface area (Å²) in [5, 5.41) is 10.8. The Kier molecular flexibility index (Phi) is 5.81. The second-order valence-electron chi connectivity index (χ2n) is 5.19. The molecule has 0 saturated carbocycles. The predicted molar refractivity (Wildman–Crippen MR) is 96.1 cm³/mol. The van der Waals surface area contributed by atoms with E-state index in [1.54, 1.807) is 12.1 Å². The molecule has 0 saturated heterocycles. The molecular formula is C16H15BrN2O5S. The number of amides is 1. The zero-order chi connectivity index (χ0) is 18.6. The first-order valence-corrected chi connectivity index (χ1v) is 9.36. The highest BCUT2D eigenvalue weighted by molar-refractivity contribution is 9.10. The molecule has 3 N–H and O–H groups in total. The van der Waals surface area contributed by atoms with Crippen LogP contribution in [0.15, 0.2) is 51.8 Å². The Morgan fingerprint density at radius 3 is 2.32 bits per heavy atom. The lowest BCUT2D eigenvalue weighted by molar-refractivity contribution is -0.135. The molecule has 0 aliphatic rings. The molecule has 1 amide bonds. The van der Waals surface area contributed by atoms with Crippen LogP contribution in [0.5, 0.6) is 0 Å². The number of carboxylic acids is 1. The number of anilines is 1. The van der Waals surface area contributed by atoms with E-state index in [9.17, 15) is 18.0 Å². The van der Waals surface area contributed by atoms with Crippen LogP contribution in [-0.4, -0.2) is 31.9 Å². The number of carboxylic acid groups (broad SMARTS) is 1. The van der Waals surface area contributed by atoms with Crippen LogP contribution in [0.3, 0.4) is 0 Å². The Morgan fingerprint density at radius 1 is 1.12 bits per heavy atom. The topological polar surface area (TPSA) is 113 Å². The molecule has 0 heterocycles. The minimum atomic E-state index is -3.79. The highest BCUT2D eigenvalue weighted by atomic mass is 79.9. The molecule has 0 aromatic heterocycles. The maximum atomic E-state index is 12.4. The summed E-state index contributed by atoms with van der Waals surface area (Å²) < 4.78 is 27.8. The van der Waals surface area contributed by atoms with Crippen molar-refractivity contribution in [3.05, 3.63) is 58.1 Å². The fourth-order valence-corrected chi connectivity index (χ4v) is 4.23. The maximum Gasteiger partial charge on any atom is 0.322 e. The van der Waals surface area contributed by atoms with Crippen molar-refractivity contribution in [1.82, 2.24) is 5.32 Å². The molecule has 0 bridgehead atoms. The van der Waals surface area contributed by atoms with Crippen LogP contribution in [0.4, 0.5) is 5.69 Å². The summed E-state index contributed by atoms with van der Waals surface area (Å²) in [4.78, 5) is 22.3. The van der Waals surface area contributed by atoms with E-state index in [0.717, 1.165) is 5.56 Å². The monoisotopic (exact) mass is 426 g/mol. The standard InChI is InChI=1S/C16H15BrN2O5S/c1-10-2-7-14(13(17)8-10)25(23,24)19-12-5-3-11(4-6-12)16(22)18-9-15(20)21/h2-8,19H,9H2,1H3,(H,18,22)(H,20,21). The smallest absolute Gasteiger partial charge is 0.322 e. The van der Waals surface area contributed by atoms with Gasteiger partial charge < -0.3 is 10.4 Å². The number of carbonyl (C=O) groups is 2. The second-order valence-corrected chi connectivity index (χ2v) is 7.70. The molecule has 9 heteroatoms. The Labute approximate surface area is 153 Å². The number of nitrogens with one attached hydrogen (secondary N) is 2. The number of carbonyl (C=O) groups excluding carboxylic acids is 1. The molecule has 2 aromatic carbocycles. The summed E-state index contributed by atoms with van der Waals surface area (Å²) in [6.45, 7) is 1.36. The van der Waals surface area contributed by atoms with Crippen molar-refractivity contribution < 1.29 is 23.1 Å². The number of halogens is 1. The fourth-order valence-electron chi connectivity index (χ4n) is 1.98. The largest absolute Gasteiger partial charge is 0.480 e. The van der Waals surface area contributed by atoms with Gasteiger partial charge in [0.25, 0.3) is 15.9 Å². The highest BCUT2D eigenvalue weighted by Gasteiger charge is 2.18. The SMILES string of the molecule is Cc1ccc(S(=O)(=O)Nc2ccc(C(=O)NCC(=O)O)cc2)c(Br)c1. The summed E-state index contributed by atoms with van der Waals surface area (Å²) in [5.74, 6) is -1.71. The third kappa shape index (κ3) is 5.04. The van der Waals surface area contributed by atoms with Gasteiger partial charge in [0.2, 0.25) is 0 Å². The van der Waals surface area contributed by atoms with Crippen molar-refractivity contribution >= 4 is 43.5 Å². The van der Waals surface area contributed by atoms with Crippen LogP contribution >= 0.6 is 15.9 Å². The molecule has 132 valence electrons. The Hall–Kier alpha value is -2.39. The lowest BCUT2D eigenvalue weighted by Gasteiger charge is -2.11. The number of hydrogen-bond donors (Lipinski definition) is 3. The molecule has 25 heavy (non-hydrogen) atoms. The van der Waals surface area contributed by atoms with Gasteiger partial charge in [-0.25, -0.2) is 8.42 Å². The van der Waals surface area contributed by atoms with Gasteiger partial charge in [-0.3, -0.25) is 14.3 Å². The fraction of sp³-hybridized carbons (Fsp3) is 0.125. The molecule has 0 aliphatic heterocycles. The van der Waals surface area contributed by atoms with E-state index in [-0.39, 0.29) is 16.1 Å². The third-order valence-electron chi connectivity index (χ3n) is 3.18. The molecule has 0 radical (unpaired) electrons. The van der Waals surface area contributed by atoms with Gasteiger partial charge in [-0.2, -0.15) is 0 Å². The normalized spacial score (nSPS) is 11.0. The van der Waals surface area contributed by atoms with E-state index in [0.29, 0.717) is 4.47 Å². The number of benzene rings is 2. The van der Waals surface area contributed by atoms with Gasteiger partial charge in [0, 0.05) is 15.7 Å². The van der Waals surface area contributed by atoms with E-state index in [2.05, 4.69) is 26.0 Å². The molecule has 2 rings (SSSR count). The quantitative estimate of drug-likeness (QED) is 0.655. The summed E-state index contributed by atoms with van der Waals surface area (Å²) in [7, 11) is -3.79. The van der Waals surface area contributed by atoms with Crippen molar-refractivity contribution in [3.63, 3.8) is 0 Å². The summed E-state index contributed by atoms with van der Waals surface area (Å²) in [6, 6.07) is 10.5. The minimum absolute atomic E-state index is 0.0985. The molecule has 2 aromatic rings. The van der Waals surface area contributed by atoms with Crippen LogP contribution in [0.2, 0.25) is 0 Å². The average molecular weight is 427 g/mol. The van der Waals surface area contributed by atoms with Gasteiger partial charge in [-0.05, 0) is 64.8 Å². The van der Waals surface area contributed by atoms with Crippen molar-refractivity contribution in [1.29, 1.82) is 0 Å². The maximum absolute atomic E-state index is 12.4. The molecule has 0 spiro atoms. The molecule has 0 unspecified atom stereocenters. The lowest BCUT2D eigenvalue weighted by Crippen LogP contribution is -2.29. The van der Waals surface area contributed by atoms with Crippen LogP contribution in [0, 0.1) is 6.92 Å². The van der Waals surface area contributed by atoms with Gasteiger partial charge in [0.05, 0.1) is 0 Å². The van der Waals surface area contributed by atoms with E-state index in [1.165, 1.54) is 30.3 Å². The van der Waals surface area contributed by atoms with E-state index >= 15 is 0 Å². The minimum Gasteiger partial charge on any atom is -0.480 e. The Morgan fingerprint density at radius 2 is 1.76 bits per heavy atom. The first-order valence-electron chi connectivity index (χ1n) is 7.08. The van der Waals surface area contributed by atoms with Crippen molar-refractivity contribution in [2.45, 2.75) is 11.8 Å². The zero-order valence-electron chi connectivity index (χ0n) is 13.1. The Balaban J connectivity index is 2.15. The highest BCUT2D eigenvalue weighted by Crippen LogP contribution is 2.25. The number of sulfonamides is 1. The predicted octanol–water partition coefficient (Wildman–Crippen LogP) is 2.37. The molecule has 0 atom stereocenters. The number of rotatable bonds is 6. The van der Waals surface area contributed by atoms with Crippen molar-refractivity contribution in [2.75, 3.05) is 11.3 Å². The van der Waals surface area contributed by atoms with E-state index in [4.69, 9.17) is 5.11 Å². The van der Waals surface area contributed by atoms with Gasteiger partial charge in [0.15, 0.2) is 0 Å². The first-order chi connectivity index (χ1) is 11.7. The average Bonchev–Trinajstić information content (AvgIpc) is 2.52. The molecule has 0 fully saturated rings. The second kappa shape index (κ2) is 7.66. The third-order valence-corrected chi connectivity index (χ3v) is 5.53. The number of aliphatic carboxylic acids is 1. The van der Waals surface area contributed by atoms with Gasteiger partial charge in [-0.1, -0.05) is 6.07 Å². The first kappa shape index (κ1) is 18.9. The molecular weight excluding hydrogens is 412 g/mol.